The molecule has 0 saturated carbocycles. The maximum Gasteiger partial charge on any atom is 0.271 e. The molecule has 0 aliphatic carbocycles. The number of nitrogens with zero attached hydrogens (tertiary/aromatic N) is 1. The monoisotopic (exact) mass is 364 g/mol. The first-order chi connectivity index (χ1) is 11.5. The number of carbonyl (C=O) groups is 1. The molecule has 0 aromatic heterocycles. The van der Waals surface area contributed by atoms with Crippen molar-refractivity contribution in [3.63, 3.8) is 0 Å². The summed E-state index contributed by atoms with van der Waals surface area (Å²) in [6.45, 7) is 4.47. The Bertz CT molecular complexity index is 743. The van der Waals surface area contributed by atoms with E-state index in [0.29, 0.717) is 27.9 Å². The summed E-state index contributed by atoms with van der Waals surface area (Å²) in [6, 6.07) is 12.1. The summed E-state index contributed by atoms with van der Waals surface area (Å²) in [5, 5.41) is 5.01. The Morgan fingerprint density at radius 3 is 2.38 bits per heavy atom. The van der Waals surface area contributed by atoms with Gasteiger partial charge in [-0.3, -0.25) is 4.79 Å². The van der Waals surface area contributed by atoms with E-state index >= 15 is 0 Å². The summed E-state index contributed by atoms with van der Waals surface area (Å²) in [5.74, 6) is 0.445. The third-order valence-corrected chi connectivity index (χ3v) is 3.99. The number of hydrogen-bond donors (Lipinski definition) is 1. The molecule has 0 bridgehead atoms. The zero-order valence-corrected chi connectivity index (χ0v) is 15.0. The van der Waals surface area contributed by atoms with E-state index in [2.05, 4.69) is 10.5 Å². The van der Waals surface area contributed by atoms with Crippen molar-refractivity contribution in [3.8, 4) is 5.75 Å². The van der Waals surface area contributed by atoms with Crippen molar-refractivity contribution >= 4 is 34.8 Å². The second-order valence-electron chi connectivity index (χ2n) is 5.14. The fraction of sp³-hybridized carbons (Fsp3) is 0.222. The van der Waals surface area contributed by atoms with Crippen LogP contribution in [0.5, 0.6) is 5.75 Å². The van der Waals surface area contributed by atoms with E-state index in [1.54, 1.807) is 49.4 Å². The van der Waals surface area contributed by atoms with E-state index in [4.69, 9.17) is 27.9 Å². The topological polar surface area (TPSA) is 50.7 Å². The summed E-state index contributed by atoms with van der Waals surface area (Å²) in [5.41, 5.74) is 4.44. The number of benzene rings is 2. The molecule has 1 amide bonds. The van der Waals surface area contributed by atoms with Crippen LogP contribution in [0, 0.1) is 0 Å². The SMILES string of the molecule is CCCOc1ccc(C(=O)N/N=C(/C)c2ccc(Cl)c(Cl)c2)cc1. The summed E-state index contributed by atoms with van der Waals surface area (Å²) in [4.78, 5) is 12.1. The Labute approximate surface area is 151 Å². The molecule has 0 aliphatic rings. The first kappa shape index (κ1) is 18.3. The standard InChI is InChI=1S/C18H18Cl2N2O2/c1-3-10-24-15-7-4-13(5-8-15)18(23)22-21-12(2)14-6-9-16(19)17(20)11-14/h4-9,11H,3,10H2,1-2H3,(H,22,23)/b21-12-. The Hall–Kier alpha value is -2.04. The molecule has 0 unspecified atom stereocenters. The van der Waals surface area contributed by atoms with E-state index in [-0.39, 0.29) is 5.91 Å². The van der Waals surface area contributed by atoms with Crippen LogP contribution in [-0.2, 0) is 0 Å². The largest absolute Gasteiger partial charge is 0.494 e. The fourth-order valence-electron chi connectivity index (χ4n) is 1.91. The molecule has 2 aromatic rings. The number of carbonyl (C=O) groups excluding carboxylic acids is 1. The van der Waals surface area contributed by atoms with Crippen molar-refractivity contribution in [2.24, 2.45) is 5.10 Å². The highest BCUT2D eigenvalue weighted by molar-refractivity contribution is 6.42. The van der Waals surface area contributed by atoms with Gasteiger partial charge in [-0.2, -0.15) is 5.10 Å². The van der Waals surface area contributed by atoms with Crippen LogP contribution in [0.4, 0.5) is 0 Å². The zero-order valence-electron chi connectivity index (χ0n) is 13.5. The van der Waals surface area contributed by atoms with E-state index in [1.165, 1.54) is 0 Å². The Balaban J connectivity index is 2.01. The van der Waals surface area contributed by atoms with Gasteiger partial charge in [-0.25, -0.2) is 5.43 Å². The van der Waals surface area contributed by atoms with Gasteiger partial charge in [0.2, 0.25) is 0 Å². The molecule has 2 aromatic carbocycles. The molecule has 1 N–H and O–H groups in total. The molecule has 126 valence electrons. The van der Waals surface area contributed by atoms with Crippen molar-refractivity contribution in [1.29, 1.82) is 0 Å². The maximum absolute atomic E-state index is 12.1. The predicted octanol–water partition coefficient (Wildman–Crippen LogP) is 4.94. The highest BCUT2D eigenvalue weighted by Crippen LogP contribution is 2.22. The smallest absolute Gasteiger partial charge is 0.271 e. The van der Waals surface area contributed by atoms with Gasteiger partial charge in [-0.05, 0) is 55.3 Å². The number of nitrogens with one attached hydrogen (secondary N) is 1. The molecule has 4 nitrogen and oxygen atoms in total. The molecule has 0 atom stereocenters. The fourth-order valence-corrected chi connectivity index (χ4v) is 2.21. The second-order valence-corrected chi connectivity index (χ2v) is 5.95. The lowest BCUT2D eigenvalue weighted by Crippen LogP contribution is -2.19. The van der Waals surface area contributed by atoms with E-state index in [9.17, 15) is 4.79 Å². The Morgan fingerprint density at radius 1 is 1.08 bits per heavy atom. The van der Waals surface area contributed by atoms with Crippen LogP contribution in [0.15, 0.2) is 47.6 Å². The summed E-state index contributed by atoms with van der Waals surface area (Å²) in [7, 11) is 0. The molecule has 0 heterocycles. The third kappa shape index (κ3) is 4.98. The summed E-state index contributed by atoms with van der Waals surface area (Å²) >= 11 is 11.9. The van der Waals surface area contributed by atoms with Crippen molar-refractivity contribution in [3.05, 3.63) is 63.6 Å². The molecule has 0 radical (unpaired) electrons. The highest BCUT2D eigenvalue weighted by Gasteiger charge is 2.06. The first-order valence-corrected chi connectivity index (χ1v) is 8.29. The molecular formula is C18H18Cl2N2O2. The van der Waals surface area contributed by atoms with Crippen LogP contribution in [0.2, 0.25) is 10.0 Å². The van der Waals surface area contributed by atoms with Gasteiger partial charge >= 0.3 is 0 Å². The lowest BCUT2D eigenvalue weighted by Gasteiger charge is -2.06. The van der Waals surface area contributed by atoms with Crippen LogP contribution in [0.1, 0.15) is 36.2 Å². The van der Waals surface area contributed by atoms with Crippen LogP contribution in [0.3, 0.4) is 0 Å². The summed E-state index contributed by atoms with van der Waals surface area (Å²) in [6.07, 6.45) is 0.935. The molecular weight excluding hydrogens is 347 g/mol. The predicted molar refractivity (Wildman–Crippen MR) is 98.4 cm³/mol. The molecule has 24 heavy (non-hydrogen) atoms. The Morgan fingerprint density at radius 2 is 1.75 bits per heavy atom. The lowest BCUT2D eigenvalue weighted by molar-refractivity contribution is 0.0955. The van der Waals surface area contributed by atoms with Crippen LogP contribution >= 0.6 is 23.2 Å². The minimum atomic E-state index is -0.295. The minimum Gasteiger partial charge on any atom is -0.494 e. The van der Waals surface area contributed by atoms with Gasteiger partial charge in [0.05, 0.1) is 22.4 Å². The number of amides is 1. The molecule has 6 heteroatoms. The average molecular weight is 365 g/mol. The van der Waals surface area contributed by atoms with E-state index < -0.39 is 0 Å². The third-order valence-electron chi connectivity index (χ3n) is 3.25. The molecule has 0 spiro atoms. The molecule has 0 fully saturated rings. The van der Waals surface area contributed by atoms with Gasteiger partial charge in [-0.1, -0.05) is 36.2 Å². The van der Waals surface area contributed by atoms with Gasteiger partial charge in [0.1, 0.15) is 5.75 Å². The zero-order chi connectivity index (χ0) is 17.5. The second kappa shape index (κ2) is 8.71. The number of hydrazone groups is 1. The first-order valence-electron chi connectivity index (χ1n) is 7.54. The number of ether oxygens (including phenoxy) is 1. The van der Waals surface area contributed by atoms with E-state index in [1.807, 2.05) is 6.92 Å². The van der Waals surface area contributed by atoms with Crippen LogP contribution in [-0.4, -0.2) is 18.2 Å². The van der Waals surface area contributed by atoms with Crippen molar-refractivity contribution in [2.75, 3.05) is 6.61 Å². The van der Waals surface area contributed by atoms with Gasteiger partial charge < -0.3 is 4.74 Å². The van der Waals surface area contributed by atoms with E-state index in [0.717, 1.165) is 17.7 Å². The molecule has 0 aliphatic heterocycles. The van der Waals surface area contributed by atoms with Crippen molar-refractivity contribution in [1.82, 2.24) is 5.43 Å². The van der Waals surface area contributed by atoms with Crippen molar-refractivity contribution < 1.29 is 9.53 Å². The van der Waals surface area contributed by atoms with Gasteiger partial charge in [0.25, 0.3) is 5.91 Å². The average Bonchev–Trinajstić information content (AvgIpc) is 2.60. The van der Waals surface area contributed by atoms with Crippen LogP contribution in [0.25, 0.3) is 0 Å². The molecule has 2 rings (SSSR count). The van der Waals surface area contributed by atoms with Crippen LogP contribution < -0.4 is 10.2 Å². The molecule has 0 saturated heterocycles. The normalized spacial score (nSPS) is 11.2. The summed E-state index contributed by atoms with van der Waals surface area (Å²) < 4.78 is 5.48. The van der Waals surface area contributed by atoms with Gasteiger partial charge in [0.15, 0.2) is 0 Å². The number of rotatable bonds is 6. The number of hydrogen-bond acceptors (Lipinski definition) is 3. The van der Waals surface area contributed by atoms with Gasteiger partial charge in [-0.15, -0.1) is 0 Å². The quantitative estimate of drug-likeness (QED) is 0.583. The van der Waals surface area contributed by atoms with Gasteiger partial charge in [0, 0.05) is 5.56 Å². The number of halogens is 2. The highest BCUT2D eigenvalue weighted by atomic mass is 35.5. The van der Waals surface area contributed by atoms with Crippen molar-refractivity contribution in [2.45, 2.75) is 20.3 Å². The lowest BCUT2D eigenvalue weighted by atomic mass is 10.1. The maximum atomic E-state index is 12.1. The Kier molecular flexibility index (Phi) is 6.64. The minimum absolute atomic E-state index is 0.295.